The number of sulfonamides is 1. The zero-order valence-corrected chi connectivity index (χ0v) is 21.0. The third-order valence-electron chi connectivity index (χ3n) is 5.96. The third-order valence-corrected chi connectivity index (χ3v) is 7.44. The number of halogens is 1. The minimum Gasteiger partial charge on any atom is -0.440 e. The van der Waals surface area contributed by atoms with Crippen LogP contribution in [0.2, 0.25) is 5.02 Å². The van der Waals surface area contributed by atoms with Gasteiger partial charge in [0.2, 0.25) is 5.09 Å². The predicted molar refractivity (Wildman–Crippen MR) is 127 cm³/mol. The van der Waals surface area contributed by atoms with E-state index in [4.69, 9.17) is 20.4 Å². The number of hydrogen-bond donors (Lipinski definition) is 2. The Labute approximate surface area is 207 Å². The number of methoxy groups -OCH3 is 1. The Morgan fingerprint density at radius 3 is 2.71 bits per heavy atom. The number of fused-ring (bicyclic) bond motifs is 1. The van der Waals surface area contributed by atoms with Crippen molar-refractivity contribution >= 4 is 44.5 Å². The molecule has 0 aliphatic heterocycles. The van der Waals surface area contributed by atoms with Gasteiger partial charge in [0.25, 0.3) is 21.8 Å². The van der Waals surface area contributed by atoms with Gasteiger partial charge in [-0.1, -0.05) is 18.5 Å². The molecule has 2 aromatic heterocycles. The number of nitrogens with one attached hydrogen (secondary N) is 2. The number of ether oxygens (including phenoxy) is 1. The molecule has 12 heteroatoms. The average Bonchev–Trinajstić information content (AvgIpc) is 3.39. The van der Waals surface area contributed by atoms with E-state index < -0.39 is 33.5 Å². The standard InChI is InChI=1S/C23H26ClN3O7S/c1-13(25-21(29)18-6-7-20(33-18)35(30,31)27-19(28)12-32-3)9-23(2)10-14(11-23)22-26-16-8-15(24)4-5-17(16)34-22/h4-8,13-14H,9-12H2,1-3H3,(H,25,29)(H,27,28)/t13-,14-,23-/m0/s1. The zero-order chi connectivity index (χ0) is 25.4. The number of hydrogen-bond acceptors (Lipinski definition) is 8. The summed E-state index contributed by atoms with van der Waals surface area (Å²) in [5.41, 5.74) is 1.43. The summed E-state index contributed by atoms with van der Waals surface area (Å²) in [6, 6.07) is 7.53. The normalized spacial score (nSPS) is 20.9. The molecule has 2 N–H and O–H groups in total. The molecular weight excluding hydrogens is 498 g/mol. The first-order valence-corrected chi connectivity index (χ1v) is 12.9. The van der Waals surface area contributed by atoms with E-state index in [-0.39, 0.29) is 23.1 Å². The van der Waals surface area contributed by atoms with Gasteiger partial charge in [-0.2, -0.15) is 8.42 Å². The maximum absolute atomic E-state index is 12.6. The lowest BCUT2D eigenvalue weighted by atomic mass is 9.60. The number of aromatic nitrogens is 1. The summed E-state index contributed by atoms with van der Waals surface area (Å²) >= 11 is 6.02. The second-order valence-electron chi connectivity index (χ2n) is 9.24. The highest BCUT2D eigenvalue weighted by Crippen LogP contribution is 2.53. The topological polar surface area (TPSA) is 141 Å². The Kier molecular flexibility index (Phi) is 6.94. The second-order valence-corrected chi connectivity index (χ2v) is 11.3. The van der Waals surface area contributed by atoms with Crippen LogP contribution in [0.25, 0.3) is 11.1 Å². The van der Waals surface area contributed by atoms with Gasteiger partial charge in [0.05, 0.1) is 0 Å². The maximum atomic E-state index is 12.6. The summed E-state index contributed by atoms with van der Waals surface area (Å²) in [6.45, 7) is 3.60. The van der Waals surface area contributed by atoms with E-state index in [9.17, 15) is 18.0 Å². The Bertz CT molecular complexity index is 1360. The van der Waals surface area contributed by atoms with Crippen LogP contribution in [0.3, 0.4) is 0 Å². The van der Waals surface area contributed by atoms with Gasteiger partial charge in [-0.05, 0) is 61.9 Å². The van der Waals surface area contributed by atoms with Crippen LogP contribution in [-0.4, -0.2) is 45.0 Å². The highest BCUT2D eigenvalue weighted by molar-refractivity contribution is 7.89. The van der Waals surface area contributed by atoms with Gasteiger partial charge in [0.15, 0.2) is 17.2 Å². The molecule has 35 heavy (non-hydrogen) atoms. The van der Waals surface area contributed by atoms with Gasteiger partial charge in [-0.3, -0.25) is 9.59 Å². The van der Waals surface area contributed by atoms with Crippen LogP contribution < -0.4 is 10.0 Å². The summed E-state index contributed by atoms with van der Waals surface area (Å²) < 4.78 is 41.9. The second kappa shape index (κ2) is 9.63. The minimum absolute atomic E-state index is 0.0149. The number of carbonyl (C=O) groups excluding carboxylic acids is 2. The van der Waals surface area contributed by atoms with Crippen molar-refractivity contribution in [3.05, 3.63) is 47.0 Å². The molecule has 10 nitrogen and oxygen atoms in total. The lowest BCUT2D eigenvalue weighted by Gasteiger charge is -2.45. The number of benzene rings is 1. The number of furan rings is 1. The van der Waals surface area contributed by atoms with Crippen molar-refractivity contribution in [2.24, 2.45) is 5.41 Å². The van der Waals surface area contributed by atoms with Crippen LogP contribution in [-0.2, 0) is 19.6 Å². The van der Waals surface area contributed by atoms with Crippen LogP contribution in [0.4, 0.5) is 0 Å². The predicted octanol–water partition coefficient (Wildman–Crippen LogP) is 3.62. The minimum atomic E-state index is -4.24. The number of nitrogens with zero attached hydrogens (tertiary/aromatic N) is 1. The molecule has 1 atom stereocenters. The van der Waals surface area contributed by atoms with Gasteiger partial charge >= 0.3 is 0 Å². The van der Waals surface area contributed by atoms with Crippen LogP contribution >= 0.6 is 11.6 Å². The smallest absolute Gasteiger partial charge is 0.297 e. The summed E-state index contributed by atoms with van der Waals surface area (Å²) in [5, 5.41) is 2.91. The summed E-state index contributed by atoms with van der Waals surface area (Å²) in [4.78, 5) is 28.7. The quantitative estimate of drug-likeness (QED) is 0.433. The van der Waals surface area contributed by atoms with E-state index in [1.54, 1.807) is 16.9 Å². The Morgan fingerprint density at radius 2 is 2.00 bits per heavy atom. The van der Waals surface area contributed by atoms with Crippen LogP contribution in [0.5, 0.6) is 0 Å². The fourth-order valence-electron chi connectivity index (χ4n) is 4.60. The summed E-state index contributed by atoms with van der Waals surface area (Å²) in [7, 11) is -2.98. The molecule has 0 saturated heterocycles. The molecule has 1 fully saturated rings. The molecule has 188 valence electrons. The average molecular weight is 524 g/mol. The van der Waals surface area contributed by atoms with Gasteiger partial charge in [-0.25, -0.2) is 9.71 Å². The highest BCUT2D eigenvalue weighted by Gasteiger charge is 2.44. The van der Waals surface area contributed by atoms with Crippen molar-refractivity contribution in [1.82, 2.24) is 15.0 Å². The van der Waals surface area contributed by atoms with E-state index >= 15 is 0 Å². The SMILES string of the molecule is COCC(=O)NS(=O)(=O)c1ccc(C(=O)N[C@@H](C)C[C@]2(C)C[C@@H](c3nc4cc(Cl)ccc4o3)C2)o1. The van der Waals surface area contributed by atoms with Crippen molar-refractivity contribution in [1.29, 1.82) is 0 Å². The highest BCUT2D eigenvalue weighted by atomic mass is 35.5. The molecule has 0 radical (unpaired) electrons. The van der Waals surface area contributed by atoms with E-state index in [1.165, 1.54) is 13.2 Å². The zero-order valence-electron chi connectivity index (χ0n) is 19.5. The Hall–Kier alpha value is -2.89. The fourth-order valence-corrected chi connectivity index (χ4v) is 5.67. The lowest BCUT2D eigenvalue weighted by molar-refractivity contribution is -0.122. The van der Waals surface area contributed by atoms with Crippen molar-refractivity contribution in [2.45, 2.75) is 50.2 Å². The third kappa shape index (κ3) is 5.68. The molecule has 1 aromatic carbocycles. The Balaban J connectivity index is 1.31. The molecule has 1 aliphatic carbocycles. The van der Waals surface area contributed by atoms with Crippen LogP contribution in [0, 0.1) is 5.41 Å². The molecule has 4 rings (SSSR count). The molecule has 1 saturated carbocycles. The van der Waals surface area contributed by atoms with Gasteiger partial charge in [0.1, 0.15) is 12.1 Å². The largest absolute Gasteiger partial charge is 0.440 e. The van der Waals surface area contributed by atoms with E-state index in [1.807, 2.05) is 13.0 Å². The fraction of sp³-hybridized carbons (Fsp3) is 0.435. The number of carbonyl (C=O) groups is 2. The van der Waals surface area contributed by atoms with Crippen LogP contribution in [0.15, 0.2) is 44.3 Å². The van der Waals surface area contributed by atoms with Gasteiger partial charge < -0.3 is 18.9 Å². The number of amides is 2. The van der Waals surface area contributed by atoms with Crippen molar-refractivity contribution in [3.8, 4) is 0 Å². The molecule has 2 heterocycles. The summed E-state index contributed by atoms with van der Waals surface area (Å²) in [5.74, 6) is -0.675. The van der Waals surface area contributed by atoms with E-state index in [0.29, 0.717) is 22.9 Å². The first kappa shape index (κ1) is 25.2. The van der Waals surface area contributed by atoms with Crippen molar-refractivity contribution in [3.63, 3.8) is 0 Å². The molecule has 0 unspecified atom stereocenters. The molecule has 3 aromatic rings. The lowest BCUT2D eigenvalue weighted by Crippen LogP contribution is -2.41. The van der Waals surface area contributed by atoms with E-state index in [2.05, 4.69) is 22.0 Å². The first-order chi connectivity index (χ1) is 16.5. The molecular formula is C23H26ClN3O7S. The molecule has 0 bridgehead atoms. The maximum Gasteiger partial charge on any atom is 0.297 e. The molecule has 1 aliphatic rings. The van der Waals surface area contributed by atoms with Crippen LogP contribution in [0.1, 0.15) is 55.5 Å². The van der Waals surface area contributed by atoms with Crippen molar-refractivity contribution < 1.29 is 31.6 Å². The van der Waals surface area contributed by atoms with E-state index in [0.717, 1.165) is 24.4 Å². The number of rotatable bonds is 9. The molecule has 0 spiro atoms. The van der Waals surface area contributed by atoms with Crippen molar-refractivity contribution in [2.75, 3.05) is 13.7 Å². The molecule has 2 amide bonds. The first-order valence-electron chi connectivity index (χ1n) is 11.0. The number of oxazole rings is 1. The van der Waals surface area contributed by atoms with Gasteiger partial charge in [0, 0.05) is 24.1 Å². The summed E-state index contributed by atoms with van der Waals surface area (Å²) in [6.07, 6.45) is 2.43. The Morgan fingerprint density at radius 1 is 1.26 bits per heavy atom. The van der Waals surface area contributed by atoms with Gasteiger partial charge in [-0.15, -0.1) is 0 Å². The monoisotopic (exact) mass is 523 g/mol.